The van der Waals surface area contributed by atoms with E-state index in [-0.39, 0.29) is 11.3 Å². The molecular weight excluding hydrogens is 237 g/mol. The number of rotatable bonds is 3. The van der Waals surface area contributed by atoms with Crippen molar-refractivity contribution in [2.45, 2.75) is 6.92 Å². The number of carboxylic acid groups (broad SMARTS) is 1. The number of aryl methyl sites for hydroxylation is 1. The van der Waals surface area contributed by atoms with Gasteiger partial charge in [-0.3, -0.25) is 0 Å². The molecule has 2 N–H and O–H groups in total. The van der Waals surface area contributed by atoms with E-state index < -0.39 is 11.8 Å². The lowest BCUT2D eigenvalue weighted by Crippen LogP contribution is -2.01. The van der Waals surface area contributed by atoms with Crippen molar-refractivity contribution in [1.82, 2.24) is 9.97 Å². The summed E-state index contributed by atoms with van der Waals surface area (Å²) in [5.74, 6) is -1.37. The fourth-order valence-corrected chi connectivity index (χ4v) is 1.41. The number of hydrogen-bond acceptors (Lipinski definition) is 4. The minimum Gasteiger partial charge on any atom is -0.478 e. The zero-order valence-electron chi connectivity index (χ0n) is 9.51. The molecule has 1 aromatic heterocycles. The standard InChI is InChI=1S/C12H10FN3O2/c1-7-4-11(15-6-14-7)16-10-3-2-8(12(17)18)5-9(10)13/h2-6H,1H3,(H,17,18)(H,14,15,16). The maximum Gasteiger partial charge on any atom is 0.335 e. The van der Waals surface area contributed by atoms with Crippen molar-refractivity contribution in [2.75, 3.05) is 5.32 Å². The van der Waals surface area contributed by atoms with E-state index in [0.29, 0.717) is 5.82 Å². The molecule has 0 aliphatic rings. The van der Waals surface area contributed by atoms with Crippen molar-refractivity contribution in [2.24, 2.45) is 0 Å². The quantitative estimate of drug-likeness (QED) is 0.870. The SMILES string of the molecule is Cc1cc(Nc2ccc(C(=O)O)cc2F)ncn1. The van der Waals surface area contributed by atoms with Crippen LogP contribution in [0.25, 0.3) is 0 Å². The van der Waals surface area contributed by atoms with Crippen LogP contribution in [-0.2, 0) is 0 Å². The summed E-state index contributed by atoms with van der Waals surface area (Å²) in [7, 11) is 0. The Labute approximate surface area is 102 Å². The first kappa shape index (κ1) is 12.0. The van der Waals surface area contributed by atoms with Gasteiger partial charge in [0.2, 0.25) is 0 Å². The number of aromatic carboxylic acids is 1. The highest BCUT2D eigenvalue weighted by atomic mass is 19.1. The van der Waals surface area contributed by atoms with Crippen LogP contribution < -0.4 is 5.32 Å². The van der Waals surface area contributed by atoms with Gasteiger partial charge in [-0.2, -0.15) is 0 Å². The van der Waals surface area contributed by atoms with Crippen LogP contribution in [0.5, 0.6) is 0 Å². The Hall–Kier alpha value is -2.50. The fourth-order valence-electron chi connectivity index (χ4n) is 1.41. The molecule has 0 fully saturated rings. The molecule has 0 aliphatic carbocycles. The Morgan fingerprint density at radius 3 is 2.72 bits per heavy atom. The maximum atomic E-state index is 13.6. The van der Waals surface area contributed by atoms with Gasteiger partial charge in [0.05, 0.1) is 11.3 Å². The molecule has 2 rings (SSSR count). The minimum atomic E-state index is -1.17. The largest absolute Gasteiger partial charge is 0.478 e. The van der Waals surface area contributed by atoms with Crippen LogP contribution in [-0.4, -0.2) is 21.0 Å². The minimum absolute atomic E-state index is 0.100. The predicted octanol–water partition coefficient (Wildman–Crippen LogP) is 2.37. The number of aromatic nitrogens is 2. The summed E-state index contributed by atoms with van der Waals surface area (Å²) >= 11 is 0. The van der Waals surface area contributed by atoms with Gasteiger partial charge in [-0.05, 0) is 25.1 Å². The molecule has 18 heavy (non-hydrogen) atoms. The smallest absolute Gasteiger partial charge is 0.335 e. The molecule has 0 aliphatic heterocycles. The van der Waals surface area contributed by atoms with Crippen LogP contribution in [0.1, 0.15) is 16.1 Å². The number of carboxylic acids is 1. The predicted molar refractivity (Wildman–Crippen MR) is 63.4 cm³/mol. The zero-order valence-corrected chi connectivity index (χ0v) is 9.51. The lowest BCUT2D eigenvalue weighted by molar-refractivity contribution is 0.0696. The lowest BCUT2D eigenvalue weighted by atomic mass is 10.2. The van der Waals surface area contributed by atoms with Gasteiger partial charge in [0.25, 0.3) is 0 Å². The Morgan fingerprint density at radius 2 is 2.11 bits per heavy atom. The van der Waals surface area contributed by atoms with E-state index in [1.54, 1.807) is 13.0 Å². The molecule has 1 aromatic carbocycles. The average molecular weight is 247 g/mol. The monoisotopic (exact) mass is 247 g/mol. The van der Waals surface area contributed by atoms with Gasteiger partial charge in [-0.1, -0.05) is 0 Å². The van der Waals surface area contributed by atoms with E-state index in [0.717, 1.165) is 11.8 Å². The van der Waals surface area contributed by atoms with Crippen molar-refractivity contribution >= 4 is 17.5 Å². The van der Waals surface area contributed by atoms with Gasteiger partial charge in [-0.15, -0.1) is 0 Å². The number of nitrogens with one attached hydrogen (secondary N) is 1. The van der Waals surface area contributed by atoms with E-state index in [1.807, 2.05) is 0 Å². The van der Waals surface area contributed by atoms with E-state index in [1.165, 1.54) is 18.5 Å². The van der Waals surface area contributed by atoms with Gasteiger partial charge in [0.15, 0.2) is 0 Å². The third-order valence-corrected chi connectivity index (χ3v) is 2.28. The summed E-state index contributed by atoms with van der Waals surface area (Å²) in [6.07, 6.45) is 1.36. The molecule has 5 nitrogen and oxygen atoms in total. The first-order valence-electron chi connectivity index (χ1n) is 5.15. The molecule has 0 unspecified atom stereocenters. The Bertz CT molecular complexity index is 602. The van der Waals surface area contributed by atoms with E-state index in [2.05, 4.69) is 15.3 Å². The Kier molecular flexibility index (Phi) is 3.18. The Morgan fingerprint density at radius 1 is 1.33 bits per heavy atom. The van der Waals surface area contributed by atoms with Crippen LogP contribution in [0.15, 0.2) is 30.6 Å². The number of carbonyl (C=O) groups is 1. The van der Waals surface area contributed by atoms with Crippen LogP contribution in [0.2, 0.25) is 0 Å². The number of hydrogen-bond donors (Lipinski definition) is 2. The van der Waals surface area contributed by atoms with E-state index in [4.69, 9.17) is 5.11 Å². The number of anilines is 2. The summed E-state index contributed by atoms with van der Waals surface area (Å²) in [5, 5.41) is 11.5. The van der Waals surface area contributed by atoms with Gasteiger partial charge in [0.1, 0.15) is 18.0 Å². The molecular formula is C12H10FN3O2. The second-order valence-corrected chi connectivity index (χ2v) is 3.67. The molecule has 2 aromatic rings. The lowest BCUT2D eigenvalue weighted by Gasteiger charge is -2.07. The van der Waals surface area contributed by atoms with Crippen LogP contribution in [0.4, 0.5) is 15.9 Å². The van der Waals surface area contributed by atoms with Gasteiger partial charge >= 0.3 is 5.97 Å². The van der Waals surface area contributed by atoms with E-state index in [9.17, 15) is 9.18 Å². The molecule has 1 heterocycles. The molecule has 0 saturated carbocycles. The molecule has 0 bridgehead atoms. The summed E-state index contributed by atoms with van der Waals surface area (Å²) in [4.78, 5) is 18.5. The molecule has 0 atom stereocenters. The number of benzene rings is 1. The first-order chi connectivity index (χ1) is 8.56. The van der Waals surface area contributed by atoms with Gasteiger partial charge < -0.3 is 10.4 Å². The normalized spacial score (nSPS) is 10.1. The Balaban J connectivity index is 2.27. The van der Waals surface area contributed by atoms with Crippen LogP contribution >= 0.6 is 0 Å². The number of halogens is 1. The third kappa shape index (κ3) is 2.60. The molecule has 0 amide bonds. The zero-order chi connectivity index (χ0) is 13.1. The molecule has 92 valence electrons. The third-order valence-electron chi connectivity index (χ3n) is 2.28. The van der Waals surface area contributed by atoms with Crippen molar-refractivity contribution < 1.29 is 14.3 Å². The molecule has 6 heteroatoms. The van der Waals surface area contributed by atoms with E-state index >= 15 is 0 Å². The van der Waals surface area contributed by atoms with Crippen molar-refractivity contribution in [3.05, 3.63) is 47.7 Å². The summed E-state index contributed by atoms with van der Waals surface area (Å²) in [6.45, 7) is 1.79. The maximum absolute atomic E-state index is 13.6. The number of nitrogens with zero attached hydrogens (tertiary/aromatic N) is 2. The van der Waals surface area contributed by atoms with Crippen molar-refractivity contribution in [3.8, 4) is 0 Å². The summed E-state index contributed by atoms with van der Waals surface area (Å²) in [6, 6.07) is 5.29. The van der Waals surface area contributed by atoms with Crippen LogP contribution in [0, 0.1) is 12.7 Å². The second-order valence-electron chi connectivity index (χ2n) is 3.67. The highest BCUT2D eigenvalue weighted by Gasteiger charge is 2.08. The molecule has 0 radical (unpaired) electrons. The fraction of sp³-hybridized carbons (Fsp3) is 0.0833. The van der Waals surface area contributed by atoms with Gasteiger partial charge in [0, 0.05) is 11.8 Å². The highest BCUT2D eigenvalue weighted by Crippen LogP contribution is 2.19. The molecule has 0 saturated heterocycles. The highest BCUT2D eigenvalue weighted by molar-refractivity contribution is 5.88. The molecule has 0 spiro atoms. The topological polar surface area (TPSA) is 75.1 Å². The summed E-state index contributed by atoms with van der Waals surface area (Å²) in [5.41, 5.74) is 0.810. The van der Waals surface area contributed by atoms with Gasteiger partial charge in [-0.25, -0.2) is 19.2 Å². The summed E-state index contributed by atoms with van der Waals surface area (Å²) < 4.78 is 13.6. The average Bonchev–Trinajstić information content (AvgIpc) is 2.31. The van der Waals surface area contributed by atoms with Crippen LogP contribution in [0.3, 0.4) is 0 Å². The second kappa shape index (κ2) is 4.79. The first-order valence-corrected chi connectivity index (χ1v) is 5.15. The van der Waals surface area contributed by atoms with Crippen molar-refractivity contribution in [1.29, 1.82) is 0 Å². The van der Waals surface area contributed by atoms with Crippen molar-refractivity contribution in [3.63, 3.8) is 0 Å².